The maximum absolute atomic E-state index is 3.80. The Morgan fingerprint density at radius 1 is 1.08 bits per heavy atom. The van der Waals surface area contributed by atoms with E-state index in [2.05, 4.69) is 43.6 Å². The molecular formula is C12H23Br. The van der Waals surface area contributed by atoms with E-state index in [1.165, 1.54) is 25.7 Å². The third-order valence-corrected chi connectivity index (χ3v) is 4.33. The average molecular weight is 247 g/mol. The molecule has 0 bridgehead atoms. The van der Waals surface area contributed by atoms with Gasteiger partial charge in [-0.1, -0.05) is 29.8 Å². The molecule has 1 aliphatic carbocycles. The Kier molecular flexibility index (Phi) is 3.85. The number of hydrogen-bond acceptors (Lipinski definition) is 0. The van der Waals surface area contributed by atoms with Gasteiger partial charge in [0.05, 0.1) is 0 Å². The minimum Gasteiger partial charge on any atom is -0.0856 e. The third kappa shape index (κ3) is 3.27. The fourth-order valence-electron chi connectivity index (χ4n) is 2.47. The van der Waals surface area contributed by atoms with E-state index in [1.54, 1.807) is 0 Å². The average Bonchev–Trinajstić information content (AvgIpc) is 2.03. The van der Waals surface area contributed by atoms with Crippen LogP contribution in [-0.2, 0) is 0 Å². The van der Waals surface area contributed by atoms with E-state index in [-0.39, 0.29) is 0 Å². The van der Waals surface area contributed by atoms with Gasteiger partial charge in [0, 0.05) is 4.32 Å². The first kappa shape index (κ1) is 11.6. The van der Waals surface area contributed by atoms with Gasteiger partial charge in [-0.25, -0.2) is 0 Å². The van der Waals surface area contributed by atoms with Crippen molar-refractivity contribution >= 4 is 15.9 Å². The topological polar surface area (TPSA) is 0 Å². The van der Waals surface area contributed by atoms with E-state index in [1.807, 2.05) is 0 Å². The van der Waals surface area contributed by atoms with Crippen molar-refractivity contribution in [1.29, 1.82) is 0 Å². The molecule has 0 atom stereocenters. The van der Waals surface area contributed by atoms with Crippen molar-refractivity contribution in [2.75, 3.05) is 0 Å². The van der Waals surface area contributed by atoms with Gasteiger partial charge in [-0.2, -0.15) is 0 Å². The van der Waals surface area contributed by atoms with Gasteiger partial charge in [-0.05, 0) is 57.3 Å². The molecule has 0 aromatic heterocycles. The summed E-state index contributed by atoms with van der Waals surface area (Å²) < 4.78 is 0.356. The highest BCUT2D eigenvalue weighted by Gasteiger charge is 2.31. The van der Waals surface area contributed by atoms with Crippen molar-refractivity contribution in [3.05, 3.63) is 0 Å². The van der Waals surface area contributed by atoms with Crippen LogP contribution in [0.25, 0.3) is 0 Å². The smallest absolute Gasteiger partial charge is 0.0229 e. The van der Waals surface area contributed by atoms with Crippen molar-refractivity contribution in [3.63, 3.8) is 0 Å². The first-order valence-corrected chi connectivity index (χ1v) is 6.39. The Bertz CT molecular complexity index is 147. The monoisotopic (exact) mass is 246 g/mol. The summed E-state index contributed by atoms with van der Waals surface area (Å²) in [7, 11) is 0. The summed E-state index contributed by atoms with van der Waals surface area (Å²) >= 11 is 3.80. The van der Waals surface area contributed by atoms with E-state index in [9.17, 15) is 0 Å². The summed E-state index contributed by atoms with van der Waals surface area (Å²) in [5.41, 5.74) is 0. The lowest BCUT2D eigenvalue weighted by atomic mass is 9.73. The second-order valence-corrected chi connectivity index (χ2v) is 7.46. The predicted molar refractivity (Wildman–Crippen MR) is 63.3 cm³/mol. The Morgan fingerprint density at radius 2 is 1.54 bits per heavy atom. The molecule has 0 N–H and O–H groups in total. The van der Waals surface area contributed by atoms with E-state index >= 15 is 0 Å². The Labute approximate surface area is 91.6 Å². The van der Waals surface area contributed by atoms with Gasteiger partial charge in [0.15, 0.2) is 0 Å². The minimum absolute atomic E-state index is 0.356. The summed E-state index contributed by atoms with van der Waals surface area (Å²) in [5.74, 6) is 2.77. The molecule has 1 heteroatoms. The molecule has 0 spiro atoms. The molecule has 0 amide bonds. The van der Waals surface area contributed by atoms with Gasteiger partial charge in [-0.3, -0.25) is 0 Å². The van der Waals surface area contributed by atoms with Gasteiger partial charge in [-0.15, -0.1) is 0 Å². The maximum atomic E-state index is 3.80. The summed E-state index contributed by atoms with van der Waals surface area (Å²) in [6.07, 6.45) is 5.72. The van der Waals surface area contributed by atoms with Crippen LogP contribution in [0.4, 0.5) is 0 Å². The normalized spacial score (nSPS) is 30.9. The highest BCUT2D eigenvalue weighted by atomic mass is 79.9. The quantitative estimate of drug-likeness (QED) is 0.624. The predicted octanol–water partition coefficient (Wildman–Crippen LogP) is 4.62. The molecule has 0 saturated heterocycles. The van der Waals surface area contributed by atoms with Gasteiger partial charge in [0.25, 0.3) is 0 Å². The van der Waals surface area contributed by atoms with E-state index in [0.29, 0.717) is 4.32 Å². The first-order chi connectivity index (χ1) is 5.91. The van der Waals surface area contributed by atoms with Crippen LogP contribution in [-0.4, -0.2) is 4.32 Å². The van der Waals surface area contributed by atoms with E-state index in [4.69, 9.17) is 0 Å². The molecule has 0 aromatic carbocycles. The highest BCUT2D eigenvalue weighted by Crippen LogP contribution is 2.41. The number of hydrogen-bond donors (Lipinski definition) is 0. The van der Waals surface area contributed by atoms with Crippen LogP contribution in [0, 0.1) is 17.8 Å². The Morgan fingerprint density at radius 3 is 1.85 bits per heavy atom. The van der Waals surface area contributed by atoms with Crippen molar-refractivity contribution in [2.24, 2.45) is 17.8 Å². The second kappa shape index (κ2) is 4.33. The highest BCUT2D eigenvalue weighted by molar-refractivity contribution is 9.10. The minimum atomic E-state index is 0.356. The fraction of sp³-hybridized carbons (Fsp3) is 1.00. The van der Waals surface area contributed by atoms with Gasteiger partial charge >= 0.3 is 0 Å². The van der Waals surface area contributed by atoms with Gasteiger partial charge < -0.3 is 0 Å². The molecule has 1 rings (SSSR count). The lowest BCUT2D eigenvalue weighted by molar-refractivity contribution is 0.204. The fourth-order valence-corrected chi connectivity index (χ4v) is 2.93. The summed E-state index contributed by atoms with van der Waals surface area (Å²) in [5, 5.41) is 0. The Balaban J connectivity index is 2.39. The zero-order valence-corrected chi connectivity index (χ0v) is 11.0. The summed E-state index contributed by atoms with van der Waals surface area (Å²) in [6, 6.07) is 0. The molecule has 78 valence electrons. The second-order valence-electron chi connectivity index (χ2n) is 5.42. The van der Waals surface area contributed by atoms with Crippen molar-refractivity contribution in [1.82, 2.24) is 0 Å². The van der Waals surface area contributed by atoms with Crippen LogP contribution in [0.5, 0.6) is 0 Å². The number of halogens is 1. The molecule has 0 nitrogen and oxygen atoms in total. The number of alkyl halides is 1. The first-order valence-electron chi connectivity index (χ1n) is 5.60. The molecular weight excluding hydrogens is 224 g/mol. The standard InChI is InChI=1S/C12H23Br/c1-9(2)10-5-7-11(8-6-10)12(3,4)13/h9-11H,5-8H2,1-4H3. The summed E-state index contributed by atoms with van der Waals surface area (Å²) in [4.78, 5) is 0. The summed E-state index contributed by atoms with van der Waals surface area (Å²) in [6.45, 7) is 9.36. The zero-order valence-electron chi connectivity index (χ0n) is 9.44. The van der Waals surface area contributed by atoms with E-state index in [0.717, 1.165) is 17.8 Å². The van der Waals surface area contributed by atoms with Crippen molar-refractivity contribution in [2.45, 2.75) is 57.7 Å². The van der Waals surface area contributed by atoms with Crippen LogP contribution in [0.1, 0.15) is 53.4 Å². The molecule has 13 heavy (non-hydrogen) atoms. The molecule has 0 heterocycles. The van der Waals surface area contributed by atoms with Crippen LogP contribution in [0.3, 0.4) is 0 Å². The molecule has 0 radical (unpaired) electrons. The third-order valence-electron chi connectivity index (χ3n) is 3.69. The molecule has 0 unspecified atom stereocenters. The largest absolute Gasteiger partial charge is 0.0856 e. The SMILES string of the molecule is CC(C)C1CCC(C(C)(C)Br)CC1. The molecule has 1 fully saturated rings. The van der Waals surface area contributed by atoms with Crippen LogP contribution >= 0.6 is 15.9 Å². The van der Waals surface area contributed by atoms with Gasteiger partial charge in [0.2, 0.25) is 0 Å². The zero-order chi connectivity index (χ0) is 10.1. The van der Waals surface area contributed by atoms with Crippen LogP contribution in [0.2, 0.25) is 0 Å². The molecule has 0 aliphatic heterocycles. The molecule has 1 aliphatic rings. The van der Waals surface area contributed by atoms with Crippen LogP contribution in [0.15, 0.2) is 0 Å². The van der Waals surface area contributed by atoms with Crippen LogP contribution < -0.4 is 0 Å². The van der Waals surface area contributed by atoms with Crippen molar-refractivity contribution < 1.29 is 0 Å². The Hall–Kier alpha value is 0.480. The molecule has 0 aromatic rings. The van der Waals surface area contributed by atoms with Crippen molar-refractivity contribution in [3.8, 4) is 0 Å². The lowest BCUT2D eigenvalue weighted by Crippen LogP contribution is -2.29. The van der Waals surface area contributed by atoms with Gasteiger partial charge in [0.1, 0.15) is 0 Å². The maximum Gasteiger partial charge on any atom is 0.0229 e. The molecule has 1 saturated carbocycles. The van der Waals surface area contributed by atoms with E-state index < -0.39 is 0 Å². The number of rotatable bonds is 2. The lowest BCUT2D eigenvalue weighted by Gasteiger charge is -2.37.